The Morgan fingerprint density at radius 3 is 2.58 bits per heavy atom. The summed E-state index contributed by atoms with van der Waals surface area (Å²) < 4.78 is 53.3. The number of oxazole rings is 1. The molecule has 2 aromatic carbocycles. The van der Waals surface area contributed by atoms with Crippen molar-refractivity contribution in [3.05, 3.63) is 104 Å². The van der Waals surface area contributed by atoms with Crippen LogP contribution in [0.15, 0.2) is 80.9 Å². The van der Waals surface area contributed by atoms with E-state index in [-0.39, 0.29) is 28.5 Å². The number of pyridine rings is 1. The van der Waals surface area contributed by atoms with Gasteiger partial charge in [-0.05, 0) is 30.7 Å². The van der Waals surface area contributed by atoms with Gasteiger partial charge in [-0.15, -0.1) is 0 Å². The van der Waals surface area contributed by atoms with Gasteiger partial charge in [0, 0.05) is 36.8 Å². The van der Waals surface area contributed by atoms with Gasteiger partial charge in [-0.25, -0.2) is 9.78 Å². The number of anilines is 1. The molecule has 8 nitrogen and oxygen atoms in total. The van der Waals surface area contributed by atoms with E-state index < -0.39 is 29.2 Å². The Bertz CT molecular complexity index is 1770. The molecule has 6 rings (SSSR count). The largest absolute Gasteiger partial charge is 0.482 e. The molecule has 38 heavy (non-hydrogen) atoms. The molecule has 5 aromatic rings. The van der Waals surface area contributed by atoms with Gasteiger partial charge in [-0.2, -0.15) is 13.2 Å². The number of hydrogen-bond acceptors (Lipinski definition) is 6. The van der Waals surface area contributed by atoms with Crippen LogP contribution in [-0.4, -0.2) is 27.5 Å². The molecule has 0 aliphatic carbocycles. The summed E-state index contributed by atoms with van der Waals surface area (Å²) in [6.07, 6.45) is -4.93. The molecule has 0 unspecified atom stereocenters. The molecular formula is C27H21F3N4O4. The van der Waals surface area contributed by atoms with Crippen molar-refractivity contribution >= 4 is 22.6 Å². The Morgan fingerprint density at radius 2 is 1.84 bits per heavy atom. The summed E-state index contributed by atoms with van der Waals surface area (Å²) in [7, 11) is 0. The number of alkyl halides is 3. The minimum absolute atomic E-state index is 0.0545. The zero-order valence-corrected chi connectivity index (χ0v) is 20.0. The van der Waals surface area contributed by atoms with Gasteiger partial charge >= 0.3 is 11.9 Å². The lowest BCUT2D eigenvalue weighted by atomic mass is 9.91. The van der Waals surface area contributed by atoms with E-state index in [1.54, 1.807) is 25.1 Å². The summed E-state index contributed by atoms with van der Waals surface area (Å²) >= 11 is 0. The summed E-state index contributed by atoms with van der Waals surface area (Å²) in [5.41, 5.74) is 0.171. The van der Waals surface area contributed by atoms with Gasteiger partial charge in [0.15, 0.2) is 11.3 Å². The number of fused-ring (bicyclic) bond motifs is 2. The second-order valence-corrected chi connectivity index (χ2v) is 9.25. The van der Waals surface area contributed by atoms with Crippen molar-refractivity contribution in [2.24, 2.45) is 0 Å². The first kappa shape index (κ1) is 23.8. The summed E-state index contributed by atoms with van der Waals surface area (Å²) in [4.78, 5) is 33.7. The van der Waals surface area contributed by atoms with Gasteiger partial charge in [-0.3, -0.25) is 14.2 Å². The molecule has 3 aromatic heterocycles. The highest BCUT2D eigenvalue weighted by molar-refractivity contribution is 5.78. The number of rotatable bonds is 5. The van der Waals surface area contributed by atoms with Gasteiger partial charge in [-0.1, -0.05) is 36.4 Å². The molecule has 0 amide bonds. The number of ether oxygens (including phenoxy) is 1. The van der Waals surface area contributed by atoms with E-state index in [0.29, 0.717) is 24.4 Å². The lowest BCUT2D eigenvalue weighted by molar-refractivity contribution is -0.138. The number of para-hydroxylation sites is 1. The topological polar surface area (TPSA) is 92.8 Å². The highest BCUT2D eigenvalue weighted by Gasteiger charge is 2.34. The molecule has 1 atom stereocenters. The van der Waals surface area contributed by atoms with Crippen LogP contribution in [0.1, 0.15) is 35.6 Å². The summed E-state index contributed by atoms with van der Waals surface area (Å²) in [6, 6.07) is 16.9. The molecule has 0 spiro atoms. The van der Waals surface area contributed by atoms with Gasteiger partial charge in [0.25, 0.3) is 5.56 Å². The van der Waals surface area contributed by atoms with E-state index in [1.165, 1.54) is 11.6 Å². The van der Waals surface area contributed by atoms with E-state index in [0.717, 1.165) is 16.7 Å². The Balaban J connectivity index is 1.41. The van der Waals surface area contributed by atoms with Crippen molar-refractivity contribution in [2.45, 2.75) is 25.1 Å². The average molecular weight is 522 g/mol. The fourth-order valence-electron chi connectivity index (χ4n) is 4.73. The van der Waals surface area contributed by atoms with E-state index in [2.05, 4.69) is 9.97 Å². The zero-order chi connectivity index (χ0) is 26.6. The lowest BCUT2D eigenvalue weighted by Crippen LogP contribution is -2.46. The Morgan fingerprint density at radius 1 is 1.08 bits per heavy atom. The first-order valence-corrected chi connectivity index (χ1v) is 11.9. The van der Waals surface area contributed by atoms with Crippen molar-refractivity contribution in [2.75, 3.05) is 18.0 Å². The zero-order valence-electron chi connectivity index (χ0n) is 20.0. The molecule has 1 fully saturated rings. The van der Waals surface area contributed by atoms with Crippen LogP contribution in [0.5, 0.6) is 5.75 Å². The summed E-state index contributed by atoms with van der Waals surface area (Å²) in [5.74, 6) is 0.127. The van der Waals surface area contributed by atoms with Crippen LogP contribution in [-0.2, 0) is 6.18 Å². The van der Waals surface area contributed by atoms with E-state index >= 15 is 0 Å². The fourth-order valence-corrected chi connectivity index (χ4v) is 4.73. The van der Waals surface area contributed by atoms with Crippen molar-refractivity contribution < 1.29 is 22.3 Å². The smallest absolute Gasteiger partial charge is 0.417 e. The Hall–Kier alpha value is -4.54. The monoisotopic (exact) mass is 522 g/mol. The van der Waals surface area contributed by atoms with Crippen LogP contribution in [0.25, 0.3) is 16.7 Å². The minimum Gasteiger partial charge on any atom is -0.482 e. The third-order valence-corrected chi connectivity index (χ3v) is 6.73. The van der Waals surface area contributed by atoms with Crippen LogP contribution in [0.4, 0.5) is 19.0 Å². The molecule has 1 aliphatic heterocycles. The number of nitrogens with one attached hydrogen (secondary N) is 1. The van der Waals surface area contributed by atoms with Crippen LogP contribution in [0.2, 0.25) is 0 Å². The predicted octanol–water partition coefficient (Wildman–Crippen LogP) is 4.89. The second kappa shape index (κ2) is 8.79. The lowest BCUT2D eigenvalue weighted by Gasteiger charge is -2.40. The summed E-state index contributed by atoms with van der Waals surface area (Å²) in [6.45, 7) is 2.80. The standard InChI is InChI=1S/C27H21F3N4O4/c1-15(37-21-9-5-8-20-24(21)38-26(36)31-20)19-10-18(27(28,29)30)14-34-23(35)11-22(32-25(19)34)33-12-17(13-33)16-6-3-2-4-7-16/h2-11,14-15,17H,12-13H2,1H3,(H,31,36)/t15-/m0/s1. The first-order valence-electron chi connectivity index (χ1n) is 11.9. The van der Waals surface area contributed by atoms with Gasteiger partial charge in [0.05, 0.1) is 11.1 Å². The molecule has 11 heteroatoms. The van der Waals surface area contributed by atoms with Crippen LogP contribution in [0.3, 0.4) is 0 Å². The number of benzene rings is 2. The Kier molecular flexibility index (Phi) is 5.51. The maximum atomic E-state index is 13.8. The third kappa shape index (κ3) is 4.19. The van der Waals surface area contributed by atoms with E-state index in [1.807, 2.05) is 35.2 Å². The van der Waals surface area contributed by atoms with Crippen molar-refractivity contribution in [3.8, 4) is 5.75 Å². The number of halogens is 3. The number of H-pyrrole nitrogens is 1. The summed E-state index contributed by atoms with van der Waals surface area (Å²) in [5, 5.41) is 0. The minimum atomic E-state index is -4.70. The SMILES string of the molecule is C[C@H](Oc1cccc2[nH]c(=O)oc12)c1cc(C(F)(F)F)cn2c(=O)cc(N3CC(c4ccccc4)C3)nc12. The molecule has 0 saturated carbocycles. The van der Waals surface area contributed by atoms with Gasteiger partial charge in [0.1, 0.15) is 17.6 Å². The molecule has 1 saturated heterocycles. The molecule has 1 N–H and O–H groups in total. The normalized spacial score (nSPS) is 15.1. The predicted molar refractivity (Wildman–Crippen MR) is 134 cm³/mol. The molecular weight excluding hydrogens is 501 g/mol. The van der Waals surface area contributed by atoms with Crippen molar-refractivity contribution in [1.29, 1.82) is 0 Å². The van der Waals surface area contributed by atoms with E-state index in [4.69, 9.17) is 9.15 Å². The first-order chi connectivity index (χ1) is 18.2. The molecule has 194 valence electrons. The Labute approximate surface area is 212 Å². The second-order valence-electron chi connectivity index (χ2n) is 9.25. The quantitative estimate of drug-likeness (QED) is 0.353. The highest BCUT2D eigenvalue weighted by atomic mass is 19.4. The van der Waals surface area contributed by atoms with Gasteiger partial charge in [0.2, 0.25) is 0 Å². The highest BCUT2D eigenvalue weighted by Crippen LogP contribution is 2.36. The fraction of sp³-hybridized carbons (Fsp3) is 0.222. The molecule has 0 bridgehead atoms. The van der Waals surface area contributed by atoms with Crippen LogP contribution in [0, 0.1) is 0 Å². The maximum Gasteiger partial charge on any atom is 0.417 e. The van der Waals surface area contributed by atoms with Gasteiger partial charge < -0.3 is 14.1 Å². The molecule has 4 heterocycles. The van der Waals surface area contributed by atoms with Crippen LogP contribution < -0.4 is 21.0 Å². The number of nitrogens with zero attached hydrogens (tertiary/aromatic N) is 3. The number of hydrogen-bond donors (Lipinski definition) is 1. The maximum absolute atomic E-state index is 13.8. The van der Waals surface area contributed by atoms with Crippen molar-refractivity contribution in [1.82, 2.24) is 14.4 Å². The third-order valence-electron chi connectivity index (χ3n) is 6.73. The number of aromatic amines is 1. The number of aromatic nitrogens is 3. The van der Waals surface area contributed by atoms with Crippen molar-refractivity contribution in [3.63, 3.8) is 0 Å². The van der Waals surface area contributed by atoms with E-state index in [9.17, 15) is 22.8 Å². The van der Waals surface area contributed by atoms with Crippen LogP contribution >= 0.6 is 0 Å². The average Bonchev–Trinajstić information content (AvgIpc) is 3.24. The molecule has 1 aliphatic rings. The molecule has 0 radical (unpaired) electrons.